The third-order valence-electron chi connectivity index (χ3n) is 4.55. The van der Waals surface area contributed by atoms with Crippen LogP contribution in [-0.2, 0) is 10.2 Å². The molecule has 0 bridgehead atoms. The quantitative estimate of drug-likeness (QED) is 0.736. The van der Waals surface area contributed by atoms with Crippen LogP contribution in [0.25, 0.3) is 10.9 Å². The molecule has 1 aromatic carbocycles. The number of halogens is 1. The number of fused-ring (bicyclic) bond motifs is 1. The molecular formula is C16H23ClN4O3S. The molecule has 0 aliphatic carbocycles. The summed E-state index contributed by atoms with van der Waals surface area (Å²) < 4.78 is 24.8. The zero-order chi connectivity index (χ0) is 17.4. The van der Waals surface area contributed by atoms with Crippen molar-refractivity contribution < 1.29 is 8.42 Å². The number of piperidine rings is 1. The molecule has 0 radical (unpaired) electrons. The minimum absolute atomic E-state index is 0. The molecule has 0 spiro atoms. The van der Waals surface area contributed by atoms with E-state index in [4.69, 9.17) is 5.14 Å². The summed E-state index contributed by atoms with van der Waals surface area (Å²) in [5.41, 5.74) is 1.30. The average Bonchev–Trinajstić information content (AvgIpc) is 2.52. The number of anilines is 1. The van der Waals surface area contributed by atoms with Crippen molar-refractivity contribution in [2.45, 2.75) is 19.8 Å². The molecule has 1 fully saturated rings. The van der Waals surface area contributed by atoms with Crippen LogP contribution < -0.4 is 20.3 Å². The van der Waals surface area contributed by atoms with Crippen LogP contribution in [0.3, 0.4) is 0 Å². The minimum Gasteiger partial charge on any atom is -0.370 e. The lowest BCUT2D eigenvalue weighted by atomic mass is 9.82. The summed E-state index contributed by atoms with van der Waals surface area (Å²) in [7, 11) is -3.71. The number of pyridine rings is 1. The van der Waals surface area contributed by atoms with E-state index in [9.17, 15) is 13.2 Å². The Bertz CT molecular complexity index is 915. The molecule has 0 amide bonds. The van der Waals surface area contributed by atoms with E-state index in [1.165, 1.54) is 0 Å². The molecular weight excluding hydrogens is 364 g/mol. The lowest BCUT2D eigenvalue weighted by molar-refractivity contribution is 0.263. The van der Waals surface area contributed by atoms with Gasteiger partial charge in [-0.05, 0) is 24.3 Å². The molecule has 25 heavy (non-hydrogen) atoms. The van der Waals surface area contributed by atoms with E-state index >= 15 is 0 Å². The number of nitrogens with zero attached hydrogens (tertiary/aromatic N) is 1. The third kappa shape index (κ3) is 4.72. The molecule has 4 N–H and O–H groups in total. The number of para-hydroxylation sites is 1. The molecule has 7 nitrogen and oxygen atoms in total. The molecule has 1 aliphatic rings. The summed E-state index contributed by atoms with van der Waals surface area (Å²) in [6.07, 6.45) is 1.82. The fourth-order valence-corrected chi connectivity index (χ4v) is 3.94. The Hall–Kier alpha value is -1.61. The molecule has 2 heterocycles. The van der Waals surface area contributed by atoms with Gasteiger partial charge in [-0.1, -0.05) is 25.1 Å². The van der Waals surface area contributed by atoms with Crippen molar-refractivity contribution >= 4 is 39.2 Å². The number of aromatic nitrogens is 1. The second kappa shape index (κ2) is 7.33. The average molecular weight is 387 g/mol. The number of aromatic amines is 1. The van der Waals surface area contributed by atoms with E-state index in [0.717, 1.165) is 36.0 Å². The number of rotatable bonds is 4. The van der Waals surface area contributed by atoms with Crippen LogP contribution in [0, 0.1) is 5.41 Å². The minimum atomic E-state index is -3.71. The largest absolute Gasteiger partial charge is 0.370 e. The van der Waals surface area contributed by atoms with E-state index in [-0.39, 0.29) is 29.9 Å². The maximum Gasteiger partial charge on any atom is 0.274 e. The lowest BCUT2D eigenvalue weighted by Crippen LogP contribution is -2.49. The van der Waals surface area contributed by atoms with Crippen LogP contribution in [0.15, 0.2) is 35.1 Å². The molecule has 2 aromatic rings. The zero-order valence-corrected chi connectivity index (χ0v) is 15.6. The number of nitrogens with one attached hydrogen (secondary N) is 2. The number of H-pyrrole nitrogens is 1. The Morgan fingerprint density at radius 3 is 2.80 bits per heavy atom. The maximum atomic E-state index is 12.0. The van der Waals surface area contributed by atoms with Crippen molar-refractivity contribution in [3.05, 3.63) is 40.7 Å². The van der Waals surface area contributed by atoms with Crippen LogP contribution >= 0.6 is 12.4 Å². The number of hydrogen-bond donors (Lipinski definition) is 3. The Morgan fingerprint density at radius 2 is 2.08 bits per heavy atom. The normalized spacial score (nSPS) is 21.1. The first-order chi connectivity index (χ1) is 11.3. The molecule has 9 heteroatoms. The first-order valence-electron chi connectivity index (χ1n) is 7.90. The molecule has 1 aliphatic heterocycles. The van der Waals surface area contributed by atoms with Gasteiger partial charge in [0.25, 0.3) is 10.2 Å². The molecule has 0 saturated carbocycles. The molecule has 1 unspecified atom stereocenters. The van der Waals surface area contributed by atoms with Crippen LogP contribution in [-0.4, -0.2) is 33.0 Å². The fraction of sp³-hybridized carbons (Fsp3) is 0.438. The van der Waals surface area contributed by atoms with Crippen LogP contribution in [0.2, 0.25) is 0 Å². The summed E-state index contributed by atoms with van der Waals surface area (Å²) in [5, 5.41) is 6.04. The Morgan fingerprint density at radius 1 is 1.36 bits per heavy atom. The van der Waals surface area contributed by atoms with Gasteiger partial charge in [0.05, 0.1) is 11.2 Å². The summed E-state index contributed by atoms with van der Waals surface area (Å²) >= 11 is 0. The zero-order valence-electron chi connectivity index (χ0n) is 14.0. The molecule has 138 valence electrons. The lowest BCUT2D eigenvalue weighted by Gasteiger charge is -2.42. The van der Waals surface area contributed by atoms with Crippen LogP contribution in [0.5, 0.6) is 0 Å². The van der Waals surface area contributed by atoms with Crippen molar-refractivity contribution in [1.82, 2.24) is 9.71 Å². The van der Waals surface area contributed by atoms with Crippen LogP contribution in [0.4, 0.5) is 5.69 Å². The predicted octanol–water partition coefficient (Wildman–Crippen LogP) is 1.35. The topological polar surface area (TPSA) is 108 Å². The molecule has 1 aromatic heterocycles. The van der Waals surface area contributed by atoms with E-state index < -0.39 is 10.2 Å². The third-order valence-corrected chi connectivity index (χ3v) is 5.10. The monoisotopic (exact) mass is 386 g/mol. The number of nitrogens with two attached hydrogens (primary N) is 1. The highest BCUT2D eigenvalue weighted by Crippen LogP contribution is 2.34. The van der Waals surface area contributed by atoms with Crippen molar-refractivity contribution in [2.75, 3.05) is 24.5 Å². The second-order valence-electron chi connectivity index (χ2n) is 6.77. The molecule has 1 saturated heterocycles. The van der Waals surface area contributed by atoms with Crippen molar-refractivity contribution in [2.24, 2.45) is 10.6 Å². The highest BCUT2D eigenvalue weighted by molar-refractivity contribution is 7.87. The molecule has 1 atom stereocenters. The first-order valence-corrected chi connectivity index (χ1v) is 9.45. The smallest absolute Gasteiger partial charge is 0.274 e. The predicted molar refractivity (Wildman–Crippen MR) is 102 cm³/mol. The first kappa shape index (κ1) is 19.7. The van der Waals surface area contributed by atoms with Gasteiger partial charge in [0.15, 0.2) is 0 Å². The highest BCUT2D eigenvalue weighted by Gasteiger charge is 2.32. The Labute approximate surface area is 153 Å². The maximum absolute atomic E-state index is 12.0. The van der Waals surface area contributed by atoms with Gasteiger partial charge in [0.1, 0.15) is 0 Å². The van der Waals surface area contributed by atoms with E-state index in [1.807, 2.05) is 31.2 Å². The fourth-order valence-electron chi connectivity index (χ4n) is 3.39. The number of benzene rings is 1. The van der Waals surface area contributed by atoms with Gasteiger partial charge < -0.3 is 9.88 Å². The standard InChI is InChI=1S/C16H22N4O3S.ClH/c1-16(10-18-24(17,22)23)7-4-8-20(11-16)14-9-15(21)19-13-6-3-2-5-12(13)14;/h2-3,5-6,9,18H,4,7-8,10-11H2,1H3,(H,19,21)(H2,17,22,23);1H. The summed E-state index contributed by atoms with van der Waals surface area (Å²) in [6, 6.07) is 9.30. The van der Waals surface area contributed by atoms with Gasteiger partial charge in [-0.15, -0.1) is 12.4 Å². The van der Waals surface area contributed by atoms with E-state index in [2.05, 4.69) is 14.6 Å². The summed E-state index contributed by atoms with van der Waals surface area (Å²) in [4.78, 5) is 17.0. The summed E-state index contributed by atoms with van der Waals surface area (Å²) in [6.45, 7) is 3.80. The Kier molecular flexibility index (Phi) is 5.78. The van der Waals surface area contributed by atoms with Gasteiger partial charge >= 0.3 is 0 Å². The number of hydrogen-bond acceptors (Lipinski definition) is 4. The van der Waals surface area contributed by atoms with Crippen LogP contribution in [0.1, 0.15) is 19.8 Å². The van der Waals surface area contributed by atoms with Gasteiger partial charge in [-0.2, -0.15) is 8.42 Å². The van der Waals surface area contributed by atoms with Crippen molar-refractivity contribution in [1.29, 1.82) is 0 Å². The van der Waals surface area contributed by atoms with Gasteiger partial charge in [-0.25, -0.2) is 9.86 Å². The Balaban J connectivity index is 0.00000225. The SMILES string of the molecule is CC1(CNS(N)(=O)=O)CCCN(c2cc(=O)[nH]c3ccccc23)C1.Cl. The van der Waals surface area contributed by atoms with Crippen molar-refractivity contribution in [3.8, 4) is 0 Å². The van der Waals surface area contributed by atoms with Gasteiger partial charge in [0, 0.05) is 31.1 Å². The van der Waals surface area contributed by atoms with E-state index in [1.54, 1.807) is 6.07 Å². The highest BCUT2D eigenvalue weighted by atomic mass is 35.5. The summed E-state index contributed by atoms with van der Waals surface area (Å²) in [5.74, 6) is 0. The van der Waals surface area contributed by atoms with E-state index in [0.29, 0.717) is 6.54 Å². The van der Waals surface area contributed by atoms with Gasteiger partial charge in [0.2, 0.25) is 5.56 Å². The molecule has 3 rings (SSSR count). The van der Waals surface area contributed by atoms with Gasteiger partial charge in [-0.3, -0.25) is 4.79 Å². The van der Waals surface area contributed by atoms with Crippen molar-refractivity contribution in [3.63, 3.8) is 0 Å². The second-order valence-corrected chi connectivity index (χ2v) is 8.14.